The average Bonchev–Trinajstić information content (AvgIpc) is 2.30. The quantitative estimate of drug-likeness (QED) is 0.632. The molecule has 0 aromatic heterocycles. The minimum Gasteiger partial charge on any atom is -0.0855 e. The molecule has 1 aromatic carbocycles. The van der Waals surface area contributed by atoms with Gasteiger partial charge < -0.3 is 0 Å². The van der Waals surface area contributed by atoms with E-state index in [1.54, 1.807) is 0 Å². The summed E-state index contributed by atoms with van der Waals surface area (Å²) >= 11 is 0. The van der Waals surface area contributed by atoms with E-state index < -0.39 is 0 Å². The number of benzene rings is 1. The molecule has 0 nitrogen and oxygen atoms in total. The van der Waals surface area contributed by atoms with Gasteiger partial charge in [-0.1, -0.05) is 18.6 Å². The Morgan fingerprint density at radius 2 is 1.24 bits per heavy atom. The lowest BCUT2D eigenvalue weighted by molar-refractivity contribution is 1.03. The molecule has 0 amide bonds. The molecule has 0 radical (unpaired) electrons. The summed E-state index contributed by atoms with van der Waals surface area (Å²) in [7, 11) is 0. The van der Waals surface area contributed by atoms with Crippen LogP contribution in [-0.4, -0.2) is 0 Å². The second kappa shape index (κ2) is 5.53. The van der Waals surface area contributed by atoms with Crippen LogP contribution in [0.4, 0.5) is 0 Å². The number of rotatable bonds is 3. The zero-order valence-electron chi connectivity index (χ0n) is 12.5. The molecular weight excluding hydrogens is 204 g/mol. The van der Waals surface area contributed by atoms with E-state index in [1.165, 1.54) is 39.0 Å². The van der Waals surface area contributed by atoms with Gasteiger partial charge in [-0.05, 0) is 87.8 Å². The van der Waals surface area contributed by atoms with Gasteiger partial charge in [0.2, 0.25) is 0 Å². The molecule has 0 fully saturated rings. The molecule has 17 heavy (non-hydrogen) atoms. The van der Waals surface area contributed by atoms with E-state index in [2.05, 4.69) is 54.5 Å². The van der Waals surface area contributed by atoms with Crippen LogP contribution < -0.4 is 0 Å². The van der Waals surface area contributed by atoms with E-state index in [-0.39, 0.29) is 0 Å². The summed E-state index contributed by atoms with van der Waals surface area (Å²) in [5.74, 6) is 0. The Hall–Kier alpha value is -1.04. The van der Waals surface area contributed by atoms with Crippen molar-refractivity contribution >= 4 is 0 Å². The van der Waals surface area contributed by atoms with Gasteiger partial charge in [0, 0.05) is 0 Å². The SMILES string of the molecule is CCC=C(C)Cc1c(C)c(C)c(C)c(C)c1C. The Kier molecular flexibility index (Phi) is 4.56. The zero-order chi connectivity index (χ0) is 13.2. The second-order valence-corrected chi connectivity index (χ2v) is 5.24. The van der Waals surface area contributed by atoms with Crippen molar-refractivity contribution in [3.05, 3.63) is 45.0 Å². The number of hydrogen-bond donors (Lipinski definition) is 0. The largest absolute Gasteiger partial charge is 0.0855 e. The highest BCUT2D eigenvalue weighted by Crippen LogP contribution is 2.27. The van der Waals surface area contributed by atoms with Gasteiger partial charge in [-0.2, -0.15) is 0 Å². The minimum absolute atomic E-state index is 1.10. The summed E-state index contributed by atoms with van der Waals surface area (Å²) in [4.78, 5) is 0. The minimum atomic E-state index is 1.10. The van der Waals surface area contributed by atoms with Gasteiger partial charge in [0.15, 0.2) is 0 Å². The van der Waals surface area contributed by atoms with E-state index in [1.807, 2.05) is 0 Å². The van der Waals surface area contributed by atoms with Gasteiger partial charge in [-0.3, -0.25) is 0 Å². The smallest absolute Gasteiger partial charge is 0.00644 e. The van der Waals surface area contributed by atoms with Crippen molar-refractivity contribution in [3.8, 4) is 0 Å². The lowest BCUT2D eigenvalue weighted by Crippen LogP contribution is -2.03. The van der Waals surface area contributed by atoms with Crippen LogP contribution in [0.3, 0.4) is 0 Å². The summed E-state index contributed by atoms with van der Waals surface area (Å²) in [6, 6.07) is 0. The molecule has 0 bridgehead atoms. The molecule has 0 saturated heterocycles. The van der Waals surface area contributed by atoms with E-state index in [4.69, 9.17) is 0 Å². The first-order chi connectivity index (χ1) is 7.90. The van der Waals surface area contributed by atoms with Crippen LogP contribution in [0.5, 0.6) is 0 Å². The Morgan fingerprint density at radius 3 is 1.65 bits per heavy atom. The topological polar surface area (TPSA) is 0 Å². The summed E-state index contributed by atoms with van der Waals surface area (Å²) in [5.41, 5.74) is 10.4. The summed E-state index contributed by atoms with van der Waals surface area (Å²) in [6.07, 6.45) is 4.57. The van der Waals surface area contributed by atoms with Crippen molar-refractivity contribution in [2.75, 3.05) is 0 Å². The normalized spacial score (nSPS) is 12.1. The third-order valence-corrected chi connectivity index (χ3v) is 4.16. The van der Waals surface area contributed by atoms with E-state index in [0.717, 1.165) is 12.8 Å². The lowest BCUT2D eigenvalue weighted by Gasteiger charge is -2.19. The van der Waals surface area contributed by atoms with Gasteiger partial charge in [-0.15, -0.1) is 0 Å². The van der Waals surface area contributed by atoms with E-state index in [9.17, 15) is 0 Å². The maximum Gasteiger partial charge on any atom is -0.00644 e. The number of hydrogen-bond acceptors (Lipinski definition) is 0. The molecule has 0 aliphatic carbocycles. The van der Waals surface area contributed by atoms with Crippen molar-refractivity contribution in [1.82, 2.24) is 0 Å². The van der Waals surface area contributed by atoms with E-state index >= 15 is 0 Å². The molecule has 0 saturated carbocycles. The van der Waals surface area contributed by atoms with Crippen molar-refractivity contribution in [1.29, 1.82) is 0 Å². The third-order valence-electron chi connectivity index (χ3n) is 4.16. The Balaban J connectivity index is 3.30. The fourth-order valence-corrected chi connectivity index (χ4v) is 2.54. The third kappa shape index (κ3) is 2.80. The van der Waals surface area contributed by atoms with Gasteiger partial charge in [0.05, 0.1) is 0 Å². The zero-order valence-corrected chi connectivity index (χ0v) is 12.5. The molecule has 1 aromatic rings. The molecule has 0 spiro atoms. The van der Waals surface area contributed by atoms with Crippen LogP contribution in [0.15, 0.2) is 11.6 Å². The Labute approximate surface area is 107 Å². The average molecular weight is 230 g/mol. The van der Waals surface area contributed by atoms with Crippen LogP contribution in [-0.2, 0) is 6.42 Å². The molecular formula is C17H26. The monoisotopic (exact) mass is 230 g/mol. The standard InChI is InChI=1S/C17H26/c1-8-9-11(2)10-17-15(6)13(4)12(3)14(5)16(17)7/h9H,8,10H2,1-7H3. The predicted molar refractivity (Wildman–Crippen MR) is 77.9 cm³/mol. The molecule has 1 rings (SSSR count). The molecule has 0 aliphatic heterocycles. The maximum absolute atomic E-state index is 2.34. The first kappa shape index (κ1) is 14.0. The summed E-state index contributed by atoms with van der Waals surface area (Å²) in [5, 5.41) is 0. The molecule has 0 aliphatic rings. The highest BCUT2D eigenvalue weighted by atomic mass is 14.2. The predicted octanol–water partition coefficient (Wildman–Crippen LogP) is 5.13. The second-order valence-electron chi connectivity index (χ2n) is 5.24. The Morgan fingerprint density at radius 1 is 0.824 bits per heavy atom. The molecule has 94 valence electrons. The van der Waals surface area contributed by atoms with Crippen molar-refractivity contribution < 1.29 is 0 Å². The molecule has 0 heterocycles. The van der Waals surface area contributed by atoms with E-state index in [0.29, 0.717) is 0 Å². The summed E-state index contributed by atoms with van der Waals surface area (Å²) in [6.45, 7) is 15.7. The first-order valence-electron chi connectivity index (χ1n) is 6.61. The molecule has 0 unspecified atom stereocenters. The maximum atomic E-state index is 2.34. The van der Waals surface area contributed by atoms with Gasteiger partial charge in [0.1, 0.15) is 0 Å². The van der Waals surface area contributed by atoms with Gasteiger partial charge in [-0.25, -0.2) is 0 Å². The van der Waals surface area contributed by atoms with Gasteiger partial charge in [0.25, 0.3) is 0 Å². The van der Waals surface area contributed by atoms with Crippen LogP contribution in [0.2, 0.25) is 0 Å². The highest BCUT2D eigenvalue weighted by molar-refractivity contribution is 5.50. The Bertz CT molecular complexity index is 419. The molecule has 0 heteroatoms. The lowest BCUT2D eigenvalue weighted by atomic mass is 9.87. The number of allylic oxidation sites excluding steroid dienone is 2. The van der Waals surface area contributed by atoms with Crippen molar-refractivity contribution in [3.63, 3.8) is 0 Å². The van der Waals surface area contributed by atoms with Crippen LogP contribution >= 0.6 is 0 Å². The fraction of sp³-hybridized carbons (Fsp3) is 0.529. The van der Waals surface area contributed by atoms with Gasteiger partial charge >= 0.3 is 0 Å². The van der Waals surface area contributed by atoms with Crippen LogP contribution in [0, 0.1) is 34.6 Å². The fourth-order valence-electron chi connectivity index (χ4n) is 2.54. The van der Waals surface area contributed by atoms with Crippen LogP contribution in [0.25, 0.3) is 0 Å². The van der Waals surface area contributed by atoms with Crippen LogP contribution in [0.1, 0.15) is 53.6 Å². The molecule has 0 atom stereocenters. The highest BCUT2D eigenvalue weighted by Gasteiger charge is 2.11. The summed E-state index contributed by atoms with van der Waals surface area (Å²) < 4.78 is 0. The van der Waals surface area contributed by atoms with Crippen molar-refractivity contribution in [2.45, 2.75) is 61.3 Å². The van der Waals surface area contributed by atoms with Crippen molar-refractivity contribution in [2.24, 2.45) is 0 Å². The first-order valence-corrected chi connectivity index (χ1v) is 6.61. The molecule has 0 N–H and O–H groups in total.